The number of nitrogens with zero attached hydrogens (tertiary/aromatic N) is 2. The molecule has 0 aliphatic rings. The van der Waals surface area contributed by atoms with Gasteiger partial charge in [0.2, 0.25) is 0 Å². The number of fused-ring (bicyclic) bond motifs is 1. The molecule has 5 heteroatoms. The first-order valence-corrected chi connectivity index (χ1v) is 6.50. The van der Waals surface area contributed by atoms with Gasteiger partial charge in [0, 0.05) is 5.69 Å². The fourth-order valence-corrected chi connectivity index (χ4v) is 3.51. The summed E-state index contributed by atoms with van der Waals surface area (Å²) in [5.74, 6) is 0. The summed E-state index contributed by atoms with van der Waals surface area (Å²) < 4.78 is 1.13. The number of anilines is 1. The zero-order valence-electron chi connectivity index (χ0n) is 8.60. The summed E-state index contributed by atoms with van der Waals surface area (Å²) in [5.41, 5.74) is 10.4. The Morgan fingerprint density at radius 1 is 1.31 bits per heavy atom. The number of hydrogen-bond acceptors (Lipinski definition) is 5. The molecule has 0 radical (unpaired) electrons. The zero-order chi connectivity index (χ0) is 11.1. The molecule has 0 unspecified atom stereocenters. The lowest BCUT2D eigenvalue weighted by Gasteiger charge is -1.89. The van der Waals surface area contributed by atoms with Crippen LogP contribution in [0.1, 0.15) is 5.69 Å². The Bertz CT molecular complexity index is 654. The van der Waals surface area contributed by atoms with Gasteiger partial charge >= 0.3 is 0 Å². The third-order valence-corrected chi connectivity index (χ3v) is 4.45. The number of hydrogen-bond donors (Lipinski definition) is 1. The molecule has 3 nitrogen and oxygen atoms in total. The van der Waals surface area contributed by atoms with Crippen molar-refractivity contribution in [3.05, 3.63) is 29.4 Å². The zero-order valence-corrected chi connectivity index (χ0v) is 10.2. The molecule has 2 N–H and O–H groups in total. The van der Waals surface area contributed by atoms with Gasteiger partial charge < -0.3 is 5.73 Å². The molecule has 3 rings (SSSR count). The highest BCUT2D eigenvalue weighted by molar-refractivity contribution is 7.25. The maximum absolute atomic E-state index is 5.75. The van der Waals surface area contributed by atoms with Crippen molar-refractivity contribution in [2.45, 2.75) is 6.92 Å². The number of aromatic nitrogens is 2. The second kappa shape index (κ2) is 3.54. The van der Waals surface area contributed by atoms with Crippen LogP contribution in [-0.4, -0.2) is 9.97 Å². The molecule has 2 heterocycles. The van der Waals surface area contributed by atoms with E-state index in [2.05, 4.69) is 9.97 Å². The summed E-state index contributed by atoms with van der Waals surface area (Å²) in [7, 11) is 0. The predicted molar refractivity (Wildman–Crippen MR) is 69.9 cm³/mol. The van der Waals surface area contributed by atoms with Crippen molar-refractivity contribution in [1.82, 2.24) is 9.97 Å². The van der Waals surface area contributed by atoms with Gasteiger partial charge in [-0.05, 0) is 25.1 Å². The van der Waals surface area contributed by atoms with E-state index < -0.39 is 0 Å². The van der Waals surface area contributed by atoms with E-state index in [1.165, 1.54) is 0 Å². The van der Waals surface area contributed by atoms with Gasteiger partial charge in [-0.1, -0.05) is 0 Å². The number of thiazole rings is 2. The highest BCUT2D eigenvalue weighted by Gasteiger charge is 2.10. The van der Waals surface area contributed by atoms with Crippen molar-refractivity contribution >= 4 is 38.6 Å². The monoisotopic (exact) mass is 247 g/mol. The summed E-state index contributed by atoms with van der Waals surface area (Å²) in [6, 6.07) is 5.80. The van der Waals surface area contributed by atoms with Gasteiger partial charge in [-0.3, -0.25) is 0 Å². The minimum atomic E-state index is 0.781. The van der Waals surface area contributed by atoms with Crippen molar-refractivity contribution in [2.75, 3.05) is 5.73 Å². The summed E-state index contributed by atoms with van der Waals surface area (Å²) in [4.78, 5) is 9.98. The first kappa shape index (κ1) is 9.74. The number of rotatable bonds is 1. The van der Waals surface area contributed by atoms with Gasteiger partial charge in [-0.25, -0.2) is 9.97 Å². The van der Waals surface area contributed by atoms with Crippen molar-refractivity contribution in [1.29, 1.82) is 0 Å². The molecular formula is C11H9N3S2. The van der Waals surface area contributed by atoms with Gasteiger partial charge in [-0.15, -0.1) is 22.7 Å². The van der Waals surface area contributed by atoms with Crippen LogP contribution in [0, 0.1) is 6.92 Å². The van der Waals surface area contributed by atoms with E-state index in [1.807, 2.05) is 30.6 Å². The summed E-state index contributed by atoms with van der Waals surface area (Å²) in [6.45, 7) is 2.01. The second-order valence-corrected chi connectivity index (χ2v) is 5.40. The van der Waals surface area contributed by atoms with Crippen LogP contribution in [0.3, 0.4) is 0 Å². The normalized spacial score (nSPS) is 11.1. The van der Waals surface area contributed by atoms with Crippen LogP contribution in [-0.2, 0) is 0 Å². The highest BCUT2D eigenvalue weighted by Crippen LogP contribution is 2.34. The van der Waals surface area contributed by atoms with E-state index in [1.54, 1.807) is 22.7 Å². The fraction of sp³-hybridized carbons (Fsp3) is 0.0909. The summed E-state index contributed by atoms with van der Waals surface area (Å²) >= 11 is 3.29. The molecule has 0 bridgehead atoms. The Morgan fingerprint density at radius 3 is 2.94 bits per heavy atom. The Hall–Kier alpha value is -1.46. The van der Waals surface area contributed by atoms with Crippen LogP contribution in [0.2, 0.25) is 0 Å². The van der Waals surface area contributed by atoms with E-state index >= 15 is 0 Å². The third-order valence-electron chi connectivity index (χ3n) is 2.35. The molecule has 0 spiro atoms. The lowest BCUT2D eigenvalue weighted by atomic mass is 10.3. The Labute approximate surface area is 101 Å². The molecule has 80 valence electrons. The average molecular weight is 247 g/mol. The summed E-state index contributed by atoms with van der Waals surface area (Å²) in [5, 5.41) is 1.03. The van der Waals surface area contributed by atoms with Crippen molar-refractivity contribution < 1.29 is 0 Å². The smallest absolute Gasteiger partial charge is 0.136 e. The molecule has 3 aromatic rings. The highest BCUT2D eigenvalue weighted by atomic mass is 32.1. The molecule has 0 amide bonds. The minimum Gasteiger partial charge on any atom is -0.399 e. The van der Waals surface area contributed by atoms with E-state index in [-0.39, 0.29) is 0 Å². The standard InChI is InChI=1S/C11H9N3S2/c1-6-10(15-5-13-6)11-14-8-3-2-7(12)4-9(8)16-11/h2-5H,12H2,1H3. The minimum absolute atomic E-state index is 0.781. The Morgan fingerprint density at radius 2 is 2.19 bits per heavy atom. The quantitative estimate of drug-likeness (QED) is 0.671. The Kier molecular flexibility index (Phi) is 2.15. The molecule has 0 fully saturated rings. The van der Waals surface area contributed by atoms with Gasteiger partial charge in [0.05, 0.1) is 26.3 Å². The summed E-state index contributed by atoms with van der Waals surface area (Å²) in [6.07, 6.45) is 0. The number of benzene rings is 1. The van der Waals surface area contributed by atoms with Gasteiger partial charge in [0.25, 0.3) is 0 Å². The van der Waals surface area contributed by atoms with Crippen LogP contribution < -0.4 is 5.73 Å². The maximum Gasteiger partial charge on any atom is 0.136 e. The van der Waals surface area contributed by atoms with Crippen molar-refractivity contribution in [3.8, 4) is 9.88 Å². The lowest BCUT2D eigenvalue weighted by Crippen LogP contribution is -1.81. The topological polar surface area (TPSA) is 51.8 Å². The molecule has 0 atom stereocenters. The second-order valence-electron chi connectivity index (χ2n) is 3.51. The molecule has 2 aromatic heterocycles. The predicted octanol–water partition coefficient (Wildman–Crippen LogP) is 3.31. The largest absolute Gasteiger partial charge is 0.399 e. The average Bonchev–Trinajstić information content (AvgIpc) is 2.82. The van der Waals surface area contributed by atoms with E-state index in [0.717, 1.165) is 31.5 Å². The van der Waals surface area contributed by atoms with Crippen LogP contribution in [0.5, 0.6) is 0 Å². The lowest BCUT2D eigenvalue weighted by molar-refractivity contribution is 1.26. The molecule has 0 aliphatic carbocycles. The maximum atomic E-state index is 5.75. The van der Waals surface area contributed by atoms with Crippen molar-refractivity contribution in [2.24, 2.45) is 0 Å². The van der Waals surface area contributed by atoms with E-state index in [0.29, 0.717) is 0 Å². The third kappa shape index (κ3) is 1.48. The SMILES string of the molecule is Cc1ncsc1-c1nc2ccc(N)cc2s1. The number of nitrogen functional groups attached to an aromatic ring is 1. The van der Waals surface area contributed by atoms with Gasteiger partial charge in [0.1, 0.15) is 5.01 Å². The van der Waals surface area contributed by atoms with Crippen LogP contribution in [0.15, 0.2) is 23.7 Å². The molecule has 0 saturated carbocycles. The molecule has 0 aliphatic heterocycles. The first-order valence-electron chi connectivity index (χ1n) is 4.80. The van der Waals surface area contributed by atoms with E-state index in [9.17, 15) is 0 Å². The Balaban J connectivity index is 2.23. The first-order chi connectivity index (χ1) is 7.74. The molecule has 16 heavy (non-hydrogen) atoms. The van der Waals surface area contributed by atoms with Gasteiger partial charge in [-0.2, -0.15) is 0 Å². The van der Waals surface area contributed by atoms with Crippen molar-refractivity contribution in [3.63, 3.8) is 0 Å². The number of nitrogens with two attached hydrogens (primary N) is 1. The molecule has 0 saturated heterocycles. The molecular weight excluding hydrogens is 238 g/mol. The van der Waals surface area contributed by atoms with Crippen LogP contribution >= 0.6 is 22.7 Å². The number of aryl methyl sites for hydroxylation is 1. The van der Waals surface area contributed by atoms with E-state index in [4.69, 9.17) is 5.73 Å². The molecule has 1 aromatic carbocycles. The van der Waals surface area contributed by atoms with Gasteiger partial charge in [0.15, 0.2) is 0 Å². The van der Waals surface area contributed by atoms with Crippen LogP contribution in [0.4, 0.5) is 5.69 Å². The fourth-order valence-electron chi connectivity index (χ4n) is 1.55. The van der Waals surface area contributed by atoms with Crippen LogP contribution in [0.25, 0.3) is 20.1 Å².